The number of aliphatic carboxylic acids is 1. The number of carbonyl (C=O) groups excluding carboxylic acids is 2. The molecule has 7 heteroatoms. The predicted molar refractivity (Wildman–Crippen MR) is 133 cm³/mol. The average Bonchev–Trinajstić information content (AvgIpc) is 3.18. The van der Waals surface area contributed by atoms with Crippen molar-refractivity contribution in [3.63, 3.8) is 0 Å². The second-order valence-corrected chi connectivity index (χ2v) is 9.73. The zero-order chi connectivity index (χ0) is 24.8. The van der Waals surface area contributed by atoms with Gasteiger partial charge in [-0.2, -0.15) is 0 Å². The third-order valence-electron chi connectivity index (χ3n) is 7.28. The second kappa shape index (κ2) is 11.4. The summed E-state index contributed by atoms with van der Waals surface area (Å²) in [5.41, 5.74) is 4.61. The topological polar surface area (TPSA) is 95.9 Å². The summed E-state index contributed by atoms with van der Waals surface area (Å²) in [7, 11) is 1.50. The maximum atomic E-state index is 13.0. The Morgan fingerprint density at radius 2 is 1.60 bits per heavy atom. The van der Waals surface area contributed by atoms with Crippen LogP contribution in [-0.2, 0) is 14.3 Å². The molecule has 1 atom stereocenters. The number of likely N-dealkylation sites (N-methyl/N-ethyl adjacent to an activating group) is 1. The highest BCUT2D eigenvalue weighted by molar-refractivity contribution is 5.83. The number of alkyl carbamates (subject to hydrolysis) is 1. The summed E-state index contributed by atoms with van der Waals surface area (Å²) in [4.78, 5) is 37.9. The summed E-state index contributed by atoms with van der Waals surface area (Å²) in [6.45, 7) is -0.0130. The van der Waals surface area contributed by atoms with E-state index in [2.05, 4.69) is 29.6 Å². The van der Waals surface area contributed by atoms with Crippen molar-refractivity contribution in [3.05, 3.63) is 59.7 Å². The highest BCUT2D eigenvalue weighted by atomic mass is 16.5. The number of hydrogen-bond acceptors (Lipinski definition) is 4. The lowest BCUT2D eigenvalue weighted by Gasteiger charge is -2.28. The van der Waals surface area contributed by atoms with Gasteiger partial charge in [0.05, 0.1) is 5.92 Å². The number of nitrogens with zero attached hydrogens (tertiary/aromatic N) is 1. The predicted octanol–water partition coefficient (Wildman–Crippen LogP) is 4.65. The SMILES string of the molecule is CN(CC(=O)O)C(=O)C(CNC(=O)OCC1c2ccccc2-c2ccccc21)CC1CCCCC1. The Bertz CT molecular complexity index is 1020. The molecule has 1 saturated carbocycles. The number of amides is 2. The molecular formula is C28H34N2O5. The molecule has 2 amide bonds. The molecule has 0 saturated heterocycles. The van der Waals surface area contributed by atoms with Crippen molar-refractivity contribution in [1.29, 1.82) is 0 Å². The molecule has 0 aromatic heterocycles. The van der Waals surface area contributed by atoms with Crippen LogP contribution in [0.1, 0.15) is 55.6 Å². The smallest absolute Gasteiger partial charge is 0.407 e. The quantitative estimate of drug-likeness (QED) is 0.547. The number of carbonyl (C=O) groups is 3. The second-order valence-electron chi connectivity index (χ2n) is 9.73. The fourth-order valence-electron chi connectivity index (χ4n) is 5.55. The number of hydrogen-bond donors (Lipinski definition) is 2. The molecule has 4 rings (SSSR count). The Morgan fingerprint density at radius 1 is 1.00 bits per heavy atom. The minimum absolute atomic E-state index is 0.0329. The van der Waals surface area contributed by atoms with Crippen molar-refractivity contribution in [2.75, 3.05) is 26.7 Å². The number of carboxylic acid groups (broad SMARTS) is 1. The van der Waals surface area contributed by atoms with Gasteiger partial charge in [-0.05, 0) is 34.6 Å². The first-order chi connectivity index (χ1) is 16.9. The van der Waals surface area contributed by atoms with E-state index < -0.39 is 18.0 Å². The van der Waals surface area contributed by atoms with Crippen molar-refractivity contribution >= 4 is 18.0 Å². The fraction of sp³-hybridized carbons (Fsp3) is 0.464. The van der Waals surface area contributed by atoms with Crippen LogP contribution in [0.3, 0.4) is 0 Å². The minimum atomic E-state index is -1.05. The largest absolute Gasteiger partial charge is 0.480 e. The maximum absolute atomic E-state index is 13.0. The standard InChI is InChI=1S/C28H34N2O5/c1-30(17-26(31)32)27(33)20(15-19-9-3-2-4-10-19)16-29-28(34)35-18-25-23-13-7-5-11-21(23)22-12-6-8-14-24(22)25/h5-8,11-14,19-20,25H,2-4,9-10,15-18H2,1H3,(H,29,34)(H,31,32). The van der Waals surface area contributed by atoms with E-state index in [0.717, 1.165) is 47.9 Å². The lowest BCUT2D eigenvalue weighted by atomic mass is 9.82. The van der Waals surface area contributed by atoms with Gasteiger partial charge in [0, 0.05) is 19.5 Å². The molecule has 1 fully saturated rings. The van der Waals surface area contributed by atoms with Gasteiger partial charge >= 0.3 is 12.1 Å². The Labute approximate surface area is 206 Å². The van der Waals surface area contributed by atoms with Crippen LogP contribution in [0.25, 0.3) is 11.1 Å². The molecule has 1 unspecified atom stereocenters. The van der Waals surface area contributed by atoms with Crippen LogP contribution >= 0.6 is 0 Å². The molecule has 2 aromatic rings. The van der Waals surface area contributed by atoms with E-state index in [1.807, 2.05) is 24.3 Å². The summed E-state index contributed by atoms with van der Waals surface area (Å²) in [5.74, 6) is -1.39. The summed E-state index contributed by atoms with van der Waals surface area (Å²) < 4.78 is 5.62. The molecule has 0 bridgehead atoms. The van der Waals surface area contributed by atoms with Crippen LogP contribution in [0.2, 0.25) is 0 Å². The first-order valence-corrected chi connectivity index (χ1v) is 12.5. The van der Waals surface area contributed by atoms with E-state index >= 15 is 0 Å². The maximum Gasteiger partial charge on any atom is 0.407 e. The van der Waals surface area contributed by atoms with Crippen molar-refractivity contribution in [2.24, 2.45) is 11.8 Å². The van der Waals surface area contributed by atoms with Crippen LogP contribution in [0, 0.1) is 11.8 Å². The summed E-state index contributed by atoms with van der Waals surface area (Å²) in [6, 6.07) is 16.3. The third-order valence-corrected chi connectivity index (χ3v) is 7.28. The molecule has 2 aromatic carbocycles. The van der Waals surface area contributed by atoms with Crippen molar-refractivity contribution < 1.29 is 24.2 Å². The molecule has 2 aliphatic rings. The Balaban J connectivity index is 1.36. The molecule has 0 spiro atoms. The third kappa shape index (κ3) is 6.02. The molecule has 7 nitrogen and oxygen atoms in total. The van der Waals surface area contributed by atoms with E-state index in [1.54, 1.807) is 0 Å². The Hall–Kier alpha value is -3.35. The number of nitrogens with one attached hydrogen (secondary N) is 1. The lowest BCUT2D eigenvalue weighted by Crippen LogP contribution is -2.42. The molecule has 186 valence electrons. The fourth-order valence-corrected chi connectivity index (χ4v) is 5.55. The zero-order valence-electron chi connectivity index (χ0n) is 20.2. The first-order valence-electron chi connectivity index (χ1n) is 12.5. The van der Waals surface area contributed by atoms with Gasteiger partial charge in [-0.1, -0.05) is 80.6 Å². The molecule has 35 heavy (non-hydrogen) atoms. The first kappa shape index (κ1) is 24.8. The van der Waals surface area contributed by atoms with E-state index in [-0.39, 0.29) is 31.5 Å². The molecule has 2 N–H and O–H groups in total. The monoisotopic (exact) mass is 478 g/mol. The zero-order valence-corrected chi connectivity index (χ0v) is 20.2. The Kier molecular flexibility index (Phi) is 8.06. The molecular weight excluding hydrogens is 444 g/mol. The van der Waals surface area contributed by atoms with Crippen molar-refractivity contribution in [2.45, 2.75) is 44.4 Å². The highest BCUT2D eigenvalue weighted by Gasteiger charge is 2.30. The van der Waals surface area contributed by atoms with Crippen LogP contribution in [0.5, 0.6) is 0 Å². The number of benzene rings is 2. The van der Waals surface area contributed by atoms with Gasteiger partial charge in [-0.25, -0.2) is 4.79 Å². The van der Waals surface area contributed by atoms with Gasteiger partial charge < -0.3 is 20.1 Å². The van der Waals surface area contributed by atoms with Gasteiger partial charge in [-0.3, -0.25) is 9.59 Å². The number of carboxylic acids is 1. The number of ether oxygens (including phenoxy) is 1. The molecule has 0 radical (unpaired) electrons. The van der Waals surface area contributed by atoms with Gasteiger partial charge in [0.25, 0.3) is 0 Å². The van der Waals surface area contributed by atoms with E-state index in [0.29, 0.717) is 12.3 Å². The molecule has 2 aliphatic carbocycles. The Morgan fingerprint density at radius 3 is 2.20 bits per heavy atom. The van der Waals surface area contributed by atoms with Crippen LogP contribution in [-0.4, -0.2) is 54.7 Å². The molecule has 0 heterocycles. The van der Waals surface area contributed by atoms with Crippen LogP contribution < -0.4 is 5.32 Å². The van der Waals surface area contributed by atoms with E-state index in [9.17, 15) is 14.4 Å². The lowest BCUT2D eigenvalue weighted by molar-refractivity contribution is -0.145. The van der Waals surface area contributed by atoms with E-state index in [1.165, 1.54) is 18.4 Å². The van der Waals surface area contributed by atoms with Crippen molar-refractivity contribution in [1.82, 2.24) is 10.2 Å². The highest BCUT2D eigenvalue weighted by Crippen LogP contribution is 2.44. The average molecular weight is 479 g/mol. The van der Waals surface area contributed by atoms with E-state index in [4.69, 9.17) is 9.84 Å². The van der Waals surface area contributed by atoms with Gasteiger partial charge in [-0.15, -0.1) is 0 Å². The van der Waals surface area contributed by atoms with Crippen LogP contribution in [0.15, 0.2) is 48.5 Å². The summed E-state index contributed by atoms with van der Waals surface area (Å²) in [6.07, 6.45) is 5.73. The number of rotatable bonds is 9. The summed E-state index contributed by atoms with van der Waals surface area (Å²) >= 11 is 0. The van der Waals surface area contributed by atoms with Gasteiger partial charge in [0.15, 0.2) is 0 Å². The van der Waals surface area contributed by atoms with Crippen LogP contribution in [0.4, 0.5) is 4.79 Å². The normalized spacial score (nSPS) is 16.1. The minimum Gasteiger partial charge on any atom is -0.480 e. The number of fused-ring (bicyclic) bond motifs is 3. The molecule has 0 aliphatic heterocycles. The summed E-state index contributed by atoms with van der Waals surface area (Å²) in [5, 5.41) is 11.9. The van der Waals surface area contributed by atoms with Gasteiger partial charge in [0.1, 0.15) is 13.2 Å². The van der Waals surface area contributed by atoms with Gasteiger partial charge in [0.2, 0.25) is 5.91 Å². The van der Waals surface area contributed by atoms with Crippen molar-refractivity contribution in [3.8, 4) is 11.1 Å².